The molecule has 4 atom stereocenters. The van der Waals surface area contributed by atoms with Gasteiger partial charge in [-0.25, -0.2) is 14.8 Å². The molecule has 3 aromatic heterocycles. The number of benzene rings is 1. The lowest BCUT2D eigenvalue weighted by molar-refractivity contribution is -0.116. The molecule has 47 heavy (non-hydrogen) atoms. The van der Waals surface area contributed by atoms with Crippen molar-refractivity contribution in [2.24, 2.45) is 0 Å². The number of carbonyl (C=O) groups excluding carboxylic acids is 3. The molecule has 4 heterocycles. The zero-order chi connectivity index (χ0) is 33.7. The van der Waals surface area contributed by atoms with Gasteiger partial charge in [0.15, 0.2) is 17.4 Å². The Balaban J connectivity index is 1.10. The van der Waals surface area contributed by atoms with Gasteiger partial charge in [0.2, 0.25) is 11.9 Å². The quantitative estimate of drug-likeness (QED) is 0.0718. The second-order valence-electron chi connectivity index (χ2n) is 10.5. The van der Waals surface area contributed by atoms with E-state index in [2.05, 4.69) is 47.4 Å². The Morgan fingerprint density at radius 1 is 1.17 bits per heavy atom. The Hall–Kier alpha value is -5.85. The second kappa shape index (κ2) is 14.1. The third kappa shape index (κ3) is 7.52. The van der Waals surface area contributed by atoms with Crippen molar-refractivity contribution in [1.29, 1.82) is 0 Å². The Kier molecular flexibility index (Phi) is 9.74. The summed E-state index contributed by atoms with van der Waals surface area (Å²) < 4.78 is 6.53. The predicted molar refractivity (Wildman–Crippen MR) is 166 cm³/mol. The Labute approximate surface area is 264 Å². The highest BCUT2D eigenvalue weighted by atomic mass is 16.5. The summed E-state index contributed by atoms with van der Waals surface area (Å²) >= 11 is 0. The summed E-state index contributed by atoms with van der Waals surface area (Å²) in [6, 6.07) is 6.74. The number of amides is 2. The summed E-state index contributed by atoms with van der Waals surface area (Å²) in [7, 11) is 0. The summed E-state index contributed by atoms with van der Waals surface area (Å²) in [5.41, 5.74) is 5.96. The van der Waals surface area contributed by atoms with Gasteiger partial charge in [-0.15, -0.1) is 0 Å². The topological polar surface area (TPSA) is 269 Å². The molecule has 1 fully saturated rings. The minimum Gasteiger partial charge on any atom is -0.394 e. The highest BCUT2D eigenvalue weighted by molar-refractivity contribution is 5.96. The minimum atomic E-state index is -1.16. The minimum absolute atomic E-state index is 0.0221. The van der Waals surface area contributed by atoms with E-state index >= 15 is 0 Å². The number of hydrogen-bond acceptors (Lipinski definition) is 14. The fourth-order valence-electron chi connectivity index (χ4n) is 4.67. The van der Waals surface area contributed by atoms with Crippen LogP contribution < -0.4 is 32.9 Å². The van der Waals surface area contributed by atoms with Crippen LogP contribution >= 0.6 is 0 Å². The fraction of sp³-hybridized carbons (Fsp3) is 0.276. The monoisotopic (exact) mass is 646 g/mol. The van der Waals surface area contributed by atoms with Crippen molar-refractivity contribution in [1.82, 2.24) is 34.8 Å². The van der Waals surface area contributed by atoms with Crippen LogP contribution in [0, 0.1) is 0 Å². The Morgan fingerprint density at radius 3 is 2.62 bits per heavy atom. The summed E-state index contributed by atoms with van der Waals surface area (Å²) in [4.78, 5) is 79.9. The molecule has 244 valence electrons. The third-order valence-electron chi connectivity index (χ3n) is 7.15. The molecule has 1 saturated heterocycles. The van der Waals surface area contributed by atoms with Gasteiger partial charge in [0, 0.05) is 29.4 Å². The number of nitrogens with one attached hydrogen (secondary N) is 4. The second-order valence-corrected chi connectivity index (χ2v) is 10.5. The van der Waals surface area contributed by atoms with Gasteiger partial charge in [-0.3, -0.25) is 23.9 Å². The number of H-pyrrole nitrogens is 1. The third-order valence-corrected chi connectivity index (χ3v) is 7.15. The van der Waals surface area contributed by atoms with E-state index in [9.17, 15) is 34.2 Å². The van der Waals surface area contributed by atoms with Crippen molar-refractivity contribution in [3.8, 4) is 0 Å². The van der Waals surface area contributed by atoms with Crippen molar-refractivity contribution in [2.45, 2.75) is 43.9 Å². The molecule has 1 aromatic carbocycles. The van der Waals surface area contributed by atoms with Crippen molar-refractivity contribution < 1.29 is 29.3 Å². The van der Waals surface area contributed by atoms with E-state index in [1.54, 1.807) is 24.3 Å². The van der Waals surface area contributed by atoms with E-state index in [1.165, 1.54) is 18.5 Å². The van der Waals surface area contributed by atoms with Crippen LogP contribution in [-0.2, 0) is 20.9 Å². The summed E-state index contributed by atoms with van der Waals surface area (Å²) in [6.07, 6.45) is -0.0358. The number of aliphatic hydroxyl groups excluding tert-OH is 2. The molecule has 5 rings (SSSR count). The SMILES string of the molecule is C=C1C(O)[C@@H](CO)O[C@H]1n1ccc(NC(=O)CC[C@@H](C=O)NC(=O)c2ccc(NCc3cnc4nc(N)[nH]c(=O)c4n3)cc2)nc1=O. The van der Waals surface area contributed by atoms with Crippen LogP contribution in [0.5, 0.6) is 0 Å². The predicted octanol–water partition coefficient (Wildman–Crippen LogP) is -1.01. The first-order valence-corrected chi connectivity index (χ1v) is 14.2. The highest BCUT2D eigenvalue weighted by Gasteiger charge is 2.38. The summed E-state index contributed by atoms with van der Waals surface area (Å²) in [5.74, 6) is -1.20. The number of aliphatic hydroxyl groups is 2. The van der Waals surface area contributed by atoms with Gasteiger partial charge in [-0.2, -0.15) is 9.97 Å². The smallest absolute Gasteiger partial charge is 0.351 e. The molecule has 0 aliphatic carbocycles. The average Bonchev–Trinajstić information content (AvgIpc) is 3.34. The number of aromatic amines is 1. The lowest BCUT2D eigenvalue weighted by Crippen LogP contribution is -2.36. The van der Waals surface area contributed by atoms with Gasteiger partial charge < -0.3 is 41.4 Å². The number of carbonyl (C=O) groups is 3. The normalized spacial score (nSPS) is 18.1. The van der Waals surface area contributed by atoms with E-state index in [4.69, 9.17) is 10.5 Å². The number of fused-ring (bicyclic) bond motifs is 1. The number of rotatable bonds is 12. The molecule has 0 radical (unpaired) electrons. The first-order valence-electron chi connectivity index (χ1n) is 14.2. The van der Waals surface area contributed by atoms with Gasteiger partial charge >= 0.3 is 5.69 Å². The van der Waals surface area contributed by atoms with Crippen LogP contribution in [0.15, 0.2) is 64.5 Å². The van der Waals surface area contributed by atoms with E-state index in [0.717, 1.165) is 4.57 Å². The van der Waals surface area contributed by atoms with Gasteiger partial charge in [0.1, 0.15) is 24.3 Å². The van der Waals surface area contributed by atoms with E-state index in [-0.39, 0.29) is 53.5 Å². The lowest BCUT2D eigenvalue weighted by Gasteiger charge is -2.15. The van der Waals surface area contributed by atoms with Crippen LogP contribution in [0.1, 0.15) is 35.1 Å². The van der Waals surface area contributed by atoms with Crippen LogP contribution in [0.25, 0.3) is 11.2 Å². The van der Waals surface area contributed by atoms with Gasteiger partial charge in [-0.1, -0.05) is 6.58 Å². The maximum absolute atomic E-state index is 12.7. The molecule has 1 aliphatic rings. The number of hydrogen-bond donors (Lipinski definition) is 7. The van der Waals surface area contributed by atoms with E-state index in [1.807, 2.05) is 0 Å². The Morgan fingerprint density at radius 2 is 1.94 bits per heavy atom. The van der Waals surface area contributed by atoms with E-state index < -0.39 is 54.1 Å². The van der Waals surface area contributed by atoms with Crippen molar-refractivity contribution in [3.63, 3.8) is 0 Å². The molecular weight excluding hydrogens is 616 g/mol. The number of anilines is 3. The number of ether oxygens (including phenoxy) is 1. The molecule has 2 amide bonds. The highest BCUT2D eigenvalue weighted by Crippen LogP contribution is 2.31. The summed E-state index contributed by atoms with van der Waals surface area (Å²) in [5, 5.41) is 27.5. The fourth-order valence-corrected chi connectivity index (χ4v) is 4.67. The standard InChI is InChI=1S/C29H30N10O8/c1-14-23(43)19(13-41)47-27(14)39-9-8-20(36-29(39)46)35-21(42)7-6-17(12-40)34-25(44)15-2-4-16(5-3-15)31-10-18-11-32-24-22(33-18)26(45)38-28(30)37-24/h2-5,8-9,11-12,17,19,23,27,31,41,43H,1,6-7,10,13H2,(H,34,44)(H,35,36,42,46)(H3,30,32,37,38,45)/t17-,19+,23?,27+/m0/s1. The first-order chi connectivity index (χ1) is 22.6. The molecular formula is C29H30N10O8. The maximum Gasteiger partial charge on any atom is 0.351 e. The van der Waals surface area contributed by atoms with Crippen LogP contribution in [0.3, 0.4) is 0 Å². The van der Waals surface area contributed by atoms with Crippen LogP contribution in [0.4, 0.5) is 17.5 Å². The molecule has 0 bridgehead atoms. The van der Waals surface area contributed by atoms with Crippen molar-refractivity contribution in [3.05, 3.63) is 87.0 Å². The number of aromatic nitrogens is 6. The molecule has 0 spiro atoms. The number of nitrogen functional groups attached to an aromatic ring is 1. The number of nitrogens with zero attached hydrogens (tertiary/aromatic N) is 5. The molecule has 18 nitrogen and oxygen atoms in total. The van der Waals surface area contributed by atoms with Crippen molar-refractivity contribution >= 4 is 46.7 Å². The molecule has 8 N–H and O–H groups in total. The zero-order valence-corrected chi connectivity index (χ0v) is 24.6. The van der Waals surface area contributed by atoms with Gasteiger partial charge in [-0.05, 0) is 36.8 Å². The molecule has 0 saturated carbocycles. The van der Waals surface area contributed by atoms with Crippen LogP contribution in [-0.4, -0.2) is 82.7 Å². The number of aldehydes is 1. The molecule has 1 unspecified atom stereocenters. The largest absolute Gasteiger partial charge is 0.394 e. The number of nitrogens with two attached hydrogens (primary N) is 1. The Bertz CT molecular complexity index is 1940. The molecule has 18 heteroatoms. The average molecular weight is 647 g/mol. The van der Waals surface area contributed by atoms with Gasteiger partial charge in [0.05, 0.1) is 31.1 Å². The summed E-state index contributed by atoms with van der Waals surface area (Å²) in [6.45, 7) is 3.46. The van der Waals surface area contributed by atoms with E-state index in [0.29, 0.717) is 17.7 Å². The molecule has 4 aromatic rings. The van der Waals surface area contributed by atoms with Crippen molar-refractivity contribution in [2.75, 3.05) is 23.0 Å². The van der Waals surface area contributed by atoms with Crippen LogP contribution in [0.2, 0.25) is 0 Å². The lowest BCUT2D eigenvalue weighted by atomic mass is 10.1. The molecule has 1 aliphatic heterocycles. The zero-order valence-electron chi connectivity index (χ0n) is 24.6. The maximum atomic E-state index is 12.7. The first kappa shape index (κ1) is 32.5. The van der Waals surface area contributed by atoms with Gasteiger partial charge in [0.25, 0.3) is 11.5 Å².